The van der Waals surface area contributed by atoms with Crippen LogP contribution < -0.4 is 0 Å². The summed E-state index contributed by atoms with van der Waals surface area (Å²) in [4.78, 5) is 11.7. The molecule has 6 nitrogen and oxygen atoms in total. The van der Waals surface area contributed by atoms with Gasteiger partial charge in [0.05, 0.1) is 46.2 Å². The van der Waals surface area contributed by atoms with Gasteiger partial charge in [-0.1, -0.05) is 72.1 Å². The Kier molecular flexibility index (Phi) is 26.0. The molecule has 32 heavy (non-hydrogen) atoms. The third-order valence-corrected chi connectivity index (χ3v) is 5.12. The Morgan fingerprint density at radius 2 is 1.03 bits per heavy atom. The van der Waals surface area contributed by atoms with Crippen LogP contribution in [0.25, 0.3) is 0 Å². The summed E-state index contributed by atoms with van der Waals surface area (Å²) in [6.45, 7) is 12.1. The van der Waals surface area contributed by atoms with E-state index in [0.29, 0.717) is 65.7 Å². The SMILES string of the molecule is CCCCCCCOCCOCCOCCOCCCC(=O)OCCCCCCC(C)C. The van der Waals surface area contributed by atoms with Gasteiger partial charge in [-0.25, -0.2) is 0 Å². The van der Waals surface area contributed by atoms with Gasteiger partial charge in [0.2, 0.25) is 0 Å². The average molecular weight is 461 g/mol. The molecular formula is C26H52O6. The molecule has 192 valence electrons. The summed E-state index contributed by atoms with van der Waals surface area (Å²) in [6, 6.07) is 0. The standard InChI is InChI=1S/C26H52O6/c1-4-5-6-8-11-16-28-19-21-30-23-24-31-22-20-29-17-13-15-26(27)32-18-12-9-7-10-14-25(2)3/h25H,4-24H2,1-3H3. The molecule has 0 aliphatic carbocycles. The second kappa shape index (κ2) is 26.6. The molecule has 6 heteroatoms. The first-order chi connectivity index (χ1) is 15.7. The minimum atomic E-state index is -0.121. The van der Waals surface area contributed by atoms with Crippen LogP contribution in [-0.4, -0.2) is 65.4 Å². The van der Waals surface area contributed by atoms with Crippen LogP contribution >= 0.6 is 0 Å². The zero-order chi connectivity index (χ0) is 23.5. The maximum Gasteiger partial charge on any atom is 0.305 e. The maximum atomic E-state index is 11.7. The van der Waals surface area contributed by atoms with Gasteiger partial charge >= 0.3 is 5.97 Å². The number of carbonyl (C=O) groups is 1. The molecule has 0 fully saturated rings. The summed E-state index contributed by atoms with van der Waals surface area (Å²) >= 11 is 0. The molecule has 0 saturated heterocycles. The van der Waals surface area contributed by atoms with Crippen molar-refractivity contribution in [1.82, 2.24) is 0 Å². The maximum absolute atomic E-state index is 11.7. The zero-order valence-corrected chi connectivity index (χ0v) is 21.4. The van der Waals surface area contributed by atoms with E-state index in [4.69, 9.17) is 23.7 Å². The van der Waals surface area contributed by atoms with Crippen molar-refractivity contribution in [3.05, 3.63) is 0 Å². The summed E-state index contributed by atoms with van der Waals surface area (Å²) in [5, 5.41) is 0. The van der Waals surface area contributed by atoms with Crippen LogP contribution in [0.3, 0.4) is 0 Å². The largest absolute Gasteiger partial charge is 0.466 e. The molecule has 0 N–H and O–H groups in total. The highest BCUT2D eigenvalue weighted by molar-refractivity contribution is 5.69. The Bertz CT molecular complexity index is 375. The topological polar surface area (TPSA) is 63.2 Å². The molecule has 0 spiro atoms. The third kappa shape index (κ3) is 27.3. The number of unbranched alkanes of at least 4 members (excludes halogenated alkanes) is 7. The highest BCUT2D eigenvalue weighted by Gasteiger charge is 2.03. The highest BCUT2D eigenvalue weighted by Crippen LogP contribution is 2.09. The fraction of sp³-hybridized carbons (Fsp3) is 0.962. The van der Waals surface area contributed by atoms with Gasteiger partial charge in [-0.15, -0.1) is 0 Å². The second-order valence-electron chi connectivity index (χ2n) is 8.78. The highest BCUT2D eigenvalue weighted by atomic mass is 16.6. The molecule has 0 radical (unpaired) electrons. The van der Waals surface area contributed by atoms with Gasteiger partial charge < -0.3 is 23.7 Å². The van der Waals surface area contributed by atoms with E-state index in [1.807, 2.05) is 0 Å². The van der Waals surface area contributed by atoms with Gasteiger partial charge in [0, 0.05) is 19.6 Å². The average Bonchev–Trinajstić information content (AvgIpc) is 2.77. The Morgan fingerprint density at radius 1 is 0.562 bits per heavy atom. The predicted molar refractivity (Wildman–Crippen MR) is 130 cm³/mol. The van der Waals surface area contributed by atoms with E-state index in [1.165, 1.54) is 44.9 Å². The molecule has 0 aliphatic rings. The Hall–Kier alpha value is -0.690. The monoisotopic (exact) mass is 460 g/mol. The van der Waals surface area contributed by atoms with Crippen molar-refractivity contribution in [2.24, 2.45) is 5.92 Å². The van der Waals surface area contributed by atoms with E-state index in [-0.39, 0.29) is 5.97 Å². The first-order valence-electron chi connectivity index (χ1n) is 13.1. The lowest BCUT2D eigenvalue weighted by molar-refractivity contribution is -0.144. The first kappa shape index (κ1) is 31.3. The van der Waals surface area contributed by atoms with Crippen molar-refractivity contribution in [2.75, 3.05) is 59.5 Å². The lowest BCUT2D eigenvalue weighted by Crippen LogP contribution is -2.12. The minimum absolute atomic E-state index is 0.121. The van der Waals surface area contributed by atoms with E-state index in [0.717, 1.165) is 31.8 Å². The van der Waals surface area contributed by atoms with Gasteiger partial charge in [0.25, 0.3) is 0 Å². The number of hydrogen-bond acceptors (Lipinski definition) is 6. The Morgan fingerprint density at radius 3 is 1.59 bits per heavy atom. The van der Waals surface area contributed by atoms with Crippen LogP contribution in [0.4, 0.5) is 0 Å². The summed E-state index contributed by atoms with van der Waals surface area (Å²) in [6.07, 6.45) is 13.3. The van der Waals surface area contributed by atoms with Crippen LogP contribution in [0.1, 0.15) is 97.8 Å². The summed E-state index contributed by atoms with van der Waals surface area (Å²) < 4.78 is 27.2. The van der Waals surface area contributed by atoms with Crippen LogP contribution in [0, 0.1) is 5.92 Å². The second-order valence-corrected chi connectivity index (χ2v) is 8.78. The smallest absolute Gasteiger partial charge is 0.305 e. The number of ether oxygens (including phenoxy) is 5. The molecule has 0 aliphatic heterocycles. The van der Waals surface area contributed by atoms with Crippen LogP contribution in [0.5, 0.6) is 0 Å². The van der Waals surface area contributed by atoms with E-state index in [9.17, 15) is 4.79 Å². The van der Waals surface area contributed by atoms with Gasteiger partial charge in [-0.3, -0.25) is 4.79 Å². The molecular weight excluding hydrogens is 408 g/mol. The van der Waals surface area contributed by atoms with Crippen LogP contribution in [0.2, 0.25) is 0 Å². The fourth-order valence-corrected chi connectivity index (χ4v) is 3.15. The zero-order valence-electron chi connectivity index (χ0n) is 21.4. The van der Waals surface area contributed by atoms with Crippen molar-refractivity contribution in [1.29, 1.82) is 0 Å². The van der Waals surface area contributed by atoms with Gasteiger partial charge in [0.15, 0.2) is 0 Å². The number of hydrogen-bond donors (Lipinski definition) is 0. The van der Waals surface area contributed by atoms with Gasteiger partial charge in [-0.2, -0.15) is 0 Å². The van der Waals surface area contributed by atoms with E-state index >= 15 is 0 Å². The van der Waals surface area contributed by atoms with Crippen molar-refractivity contribution in [3.63, 3.8) is 0 Å². The van der Waals surface area contributed by atoms with Crippen LogP contribution in [0.15, 0.2) is 0 Å². The molecule has 0 rings (SSSR count). The fourth-order valence-electron chi connectivity index (χ4n) is 3.15. The minimum Gasteiger partial charge on any atom is -0.466 e. The quantitative estimate of drug-likeness (QED) is 0.117. The van der Waals surface area contributed by atoms with Crippen molar-refractivity contribution < 1.29 is 28.5 Å². The van der Waals surface area contributed by atoms with Crippen molar-refractivity contribution in [3.8, 4) is 0 Å². The van der Waals surface area contributed by atoms with Crippen LogP contribution in [-0.2, 0) is 28.5 Å². The van der Waals surface area contributed by atoms with E-state index in [1.54, 1.807) is 0 Å². The van der Waals surface area contributed by atoms with Crippen molar-refractivity contribution >= 4 is 5.97 Å². The summed E-state index contributed by atoms with van der Waals surface area (Å²) in [5.41, 5.74) is 0. The summed E-state index contributed by atoms with van der Waals surface area (Å²) in [5.74, 6) is 0.658. The molecule has 0 heterocycles. The molecule has 0 atom stereocenters. The van der Waals surface area contributed by atoms with Gasteiger partial charge in [0.1, 0.15) is 0 Å². The molecule has 0 unspecified atom stereocenters. The molecule has 0 bridgehead atoms. The van der Waals surface area contributed by atoms with Gasteiger partial charge in [-0.05, 0) is 25.2 Å². The number of carbonyl (C=O) groups excluding carboxylic acids is 1. The summed E-state index contributed by atoms with van der Waals surface area (Å²) in [7, 11) is 0. The molecule has 0 aromatic rings. The third-order valence-electron chi connectivity index (χ3n) is 5.12. The lowest BCUT2D eigenvalue weighted by Gasteiger charge is -2.08. The van der Waals surface area contributed by atoms with E-state index in [2.05, 4.69) is 20.8 Å². The number of esters is 1. The predicted octanol–water partition coefficient (Wildman–Crippen LogP) is 5.95. The molecule has 0 aromatic carbocycles. The molecule has 0 amide bonds. The normalized spacial score (nSPS) is 11.4. The lowest BCUT2D eigenvalue weighted by atomic mass is 10.0. The van der Waals surface area contributed by atoms with Crippen molar-refractivity contribution in [2.45, 2.75) is 97.8 Å². The molecule has 0 aromatic heterocycles. The van der Waals surface area contributed by atoms with E-state index < -0.39 is 0 Å². The molecule has 0 saturated carbocycles. The Labute approximate surface area is 198 Å². The Balaban J connectivity index is 3.13. The number of rotatable bonds is 26. The first-order valence-corrected chi connectivity index (χ1v) is 13.1.